The van der Waals surface area contributed by atoms with Crippen LogP contribution in [-0.4, -0.2) is 11.6 Å². The largest absolute Gasteiger partial charge is 0.272 e. The lowest BCUT2D eigenvalue weighted by Crippen LogP contribution is -2.20. The minimum absolute atomic E-state index is 0.106. The molecule has 0 fully saturated rings. The third kappa shape index (κ3) is 9.84. The fourth-order valence-corrected chi connectivity index (χ4v) is 4.25. The maximum absolute atomic E-state index is 12.4. The lowest BCUT2D eigenvalue weighted by Gasteiger charge is -2.14. The molecular formula is C28H44N2O. The van der Waals surface area contributed by atoms with E-state index in [0.717, 1.165) is 29.8 Å². The first-order chi connectivity index (χ1) is 15.1. The molecular weight excluding hydrogens is 380 g/mol. The van der Waals surface area contributed by atoms with Crippen LogP contribution in [0.15, 0.2) is 35.5 Å². The third-order valence-electron chi connectivity index (χ3n) is 6.14. The van der Waals surface area contributed by atoms with E-state index in [-0.39, 0.29) is 5.91 Å². The van der Waals surface area contributed by atoms with Gasteiger partial charge in [-0.1, -0.05) is 88.1 Å². The van der Waals surface area contributed by atoms with Crippen molar-refractivity contribution in [3.8, 4) is 0 Å². The number of rotatable bonds is 16. The molecule has 1 aliphatic heterocycles. The standard InChI is InChI=1S/C28H44N2O/c1-4-5-6-7-8-9-10-11-12-13-14-15-16-17-18-19-26-23-28(31)30(29-26)27-21-20-24(2)22-25(27)3/h11-12,20-22H,4-10,13-19,23H2,1-3H3/b12-11-. The molecule has 1 aliphatic rings. The Morgan fingerprint density at radius 2 is 1.48 bits per heavy atom. The van der Waals surface area contributed by atoms with Crippen molar-refractivity contribution in [3.63, 3.8) is 0 Å². The molecule has 0 radical (unpaired) electrons. The van der Waals surface area contributed by atoms with Gasteiger partial charge in [0.15, 0.2) is 0 Å². The molecule has 0 N–H and O–H groups in total. The molecule has 3 nitrogen and oxygen atoms in total. The first-order valence-corrected chi connectivity index (χ1v) is 12.7. The molecule has 0 saturated heterocycles. The second-order valence-electron chi connectivity index (χ2n) is 9.17. The fraction of sp³-hybridized carbons (Fsp3) is 0.643. The highest BCUT2D eigenvalue weighted by Crippen LogP contribution is 2.26. The number of benzene rings is 1. The summed E-state index contributed by atoms with van der Waals surface area (Å²) in [6, 6.07) is 6.17. The molecule has 1 heterocycles. The van der Waals surface area contributed by atoms with Gasteiger partial charge in [-0.05, 0) is 64.0 Å². The summed E-state index contributed by atoms with van der Waals surface area (Å²) in [6.07, 6.45) is 23.2. The lowest BCUT2D eigenvalue weighted by atomic mass is 10.1. The Balaban J connectivity index is 1.50. The van der Waals surface area contributed by atoms with Gasteiger partial charge in [0.2, 0.25) is 0 Å². The molecule has 1 aromatic carbocycles. The molecule has 2 rings (SSSR count). The summed E-state index contributed by atoms with van der Waals surface area (Å²) in [6.45, 7) is 6.40. The minimum Gasteiger partial charge on any atom is -0.272 e. The van der Waals surface area contributed by atoms with Crippen molar-refractivity contribution in [3.05, 3.63) is 41.5 Å². The van der Waals surface area contributed by atoms with Crippen molar-refractivity contribution in [2.24, 2.45) is 5.10 Å². The highest BCUT2D eigenvalue weighted by molar-refractivity contribution is 6.13. The van der Waals surface area contributed by atoms with Crippen molar-refractivity contribution in [2.75, 3.05) is 5.01 Å². The lowest BCUT2D eigenvalue weighted by molar-refractivity contribution is -0.116. The van der Waals surface area contributed by atoms with Crippen molar-refractivity contribution < 1.29 is 4.79 Å². The van der Waals surface area contributed by atoms with E-state index in [1.54, 1.807) is 5.01 Å². The number of amides is 1. The van der Waals surface area contributed by atoms with Crippen molar-refractivity contribution in [1.82, 2.24) is 0 Å². The van der Waals surface area contributed by atoms with Crippen LogP contribution in [0.3, 0.4) is 0 Å². The van der Waals surface area contributed by atoms with Gasteiger partial charge in [0, 0.05) is 5.71 Å². The summed E-state index contributed by atoms with van der Waals surface area (Å²) in [7, 11) is 0. The van der Waals surface area contributed by atoms with E-state index in [1.807, 2.05) is 19.1 Å². The number of carbonyl (C=O) groups is 1. The first-order valence-electron chi connectivity index (χ1n) is 12.7. The molecule has 0 aromatic heterocycles. The quantitative estimate of drug-likeness (QED) is 0.193. The van der Waals surface area contributed by atoms with Gasteiger partial charge < -0.3 is 0 Å². The van der Waals surface area contributed by atoms with Gasteiger partial charge in [0.05, 0.1) is 12.1 Å². The average molecular weight is 425 g/mol. The summed E-state index contributed by atoms with van der Waals surface area (Å²) in [5, 5.41) is 6.24. The second kappa shape index (κ2) is 15.0. The van der Waals surface area contributed by atoms with E-state index in [9.17, 15) is 4.79 Å². The Bertz CT molecular complexity index is 720. The first kappa shape index (κ1) is 25.4. The average Bonchev–Trinajstić information content (AvgIpc) is 3.11. The molecule has 3 heteroatoms. The molecule has 0 atom stereocenters. The zero-order valence-electron chi connectivity index (χ0n) is 20.3. The Kier molecular flexibility index (Phi) is 12.3. The summed E-state index contributed by atoms with van der Waals surface area (Å²) >= 11 is 0. The van der Waals surface area contributed by atoms with Crippen LogP contribution >= 0.6 is 0 Å². The van der Waals surface area contributed by atoms with Gasteiger partial charge >= 0.3 is 0 Å². The monoisotopic (exact) mass is 424 g/mol. The Hall–Kier alpha value is -1.90. The van der Waals surface area contributed by atoms with Crippen molar-refractivity contribution in [2.45, 2.75) is 117 Å². The second-order valence-corrected chi connectivity index (χ2v) is 9.17. The van der Waals surface area contributed by atoms with E-state index in [0.29, 0.717) is 6.42 Å². The molecule has 0 saturated carbocycles. The van der Waals surface area contributed by atoms with E-state index >= 15 is 0 Å². The van der Waals surface area contributed by atoms with Crippen LogP contribution in [0.1, 0.15) is 114 Å². The molecule has 1 amide bonds. The molecule has 0 spiro atoms. The number of carbonyl (C=O) groups excluding carboxylic acids is 1. The number of nitrogens with zero attached hydrogens (tertiary/aromatic N) is 2. The molecule has 0 unspecified atom stereocenters. The van der Waals surface area contributed by atoms with Crippen LogP contribution in [0, 0.1) is 13.8 Å². The highest BCUT2D eigenvalue weighted by atomic mass is 16.2. The maximum Gasteiger partial charge on any atom is 0.253 e. The van der Waals surface area contributed by atoms with Crippen molar-refractivity contribution in [1.29, 1.82) is 0 Å². The zero-order chi connectivity index (χ0) is 22.3. The molecule has 172 valence electrons. The number of anilines is 1. The Morgan fingerprint density at radius 3 is 2.13 bits per heavy atom. The summed E-state index contributed by atoms with van der Waals surface area (Å²) in [5.74, 6) is 0.106. The van der Waals surface area contributed by atoms with Crippen LogP contribution < -0.4 is 5.01 Å². The Morgan fingerprint density at radius 1 is 0.871 bits per heavy atom. The van der Waals surface area contributed by atoms with Crippen LogP contribution in [0.2, 0.25) is 0 Å². The van der Waals surface area contributed by atoms with E-state index in [2.05, 4.69) is 37.2 Å². The van der Waals surface area contributed by atoms with E-state index < -0.39 is 0 Å². The third-order valence-corrected chi connectivity index (χ3v) is 6.14. The summed E-state index contributed by atoms with van der Waals surface area (Å²) in [4.78, 5) is 12.4. The minimum atomic E-state index is 0.106. The molecule has 0 bridgehead atoms. The van der Waals surface area contributed by atoms with Gasteiger partial charge in [-0.2, -0.15) is 5.10 Å². The number of allylic oxidation sites excluding steroid dienone is 2. The van der Waals surface area contributed by atoms with Crippen LogP contribution in [0.25, 0.3) is 0 Å². The fourth-order valence-electron chi connectivity index (χ4n) is 4.25. The van der Waals surface area contributed by atoms with E-state index in [4.69, 9.17) is 0 Å². The molecule has 1 aromatic rings. The van der Waals surface area contributed by atoms with Crippen LogP contribution in [0.4, 0.5) is 5.69 Å². The van der Waals surface area contributed by atoms with Gasteiger partial charge in [-0.3, -0.25) is 4.79 Å². The van der Waals surface area contributed by atoms with Gasteiger partial charge in [-0.25, -0.2) is 5.01 Å². The van der Waals surface area contributed by atoms with Crippen LogP contribution in [0.5, 0.6) is 0 Å². The van der Waals surface area contributed by atoms with Gasteiger partial charge in [-0.15, -0.1) is 0 Å². The number of hydrogen-bond acceptors (Lipinski definition) is 2. The van der Waals surface area contributed by atoms with Crippen LogP contribution in [-0.2, 0) is 4.79 Å². The van der Waals surface area contributed by atoms with Gasteiger partial charge in [0.25, 0.3) is 5.91 Å². The topological polar surface area (TPSA) is 32.7 Å². The van der Waals surface area contributed by atoms with E-state index in [1.165, 1.54) is 82.6 Å². The highest BCUT2D eigenvalue weighted by Gasteiger charge is 2.25. The molecule has 31 heavy (non-hydrogen) atoms. The smallest absolute Gasteiger partial charge is 0.253 e. The number of aryl methyl sites for hydroxylation is 2. The van der Waals surface area contributed by atoms with Crippen molar-refractivity contribution >= 4 is 17.3 Å². The SMILES string of the molecule is CCCCCCCC/C=C\CCCCCCCC1=NN(c2ccc(C)cc2C)C(=O)C1. The molecule has 0 aliphatic carbocycles. The number of hydrogen-bond donors (Lipinski definition) is 0. The Labute approximate surface area is 191 Å². The summed E-state index contributed by atoms with van der Waals surface area (Å²) in [5.41, 5.74) is 4.29. The maximum atomic E-state index is 12.4. The normalized spacial score (nSPS) is 14.1. The zero-order valence-corrected chi connectivity index (χ0v) is 20.3. The predicted molar refractivity (Wildman–Crippen MR) is 135 cm³/mol. The number of unbranched alkanes of at least 4 members (excludes halogenated alkanes) is 11. The summed E-state index contributed by atoms with van der Waals surface area (Å²) < 4.78 is 0. The number of hydrazone groups is 1. The predicted octanol–water partition coefficient (Wildman–Crippen LogP) is 8.43. The van der Waals surface area contributed by atoms with Gasteiger partial charge in [0.1, 0.15) is 0 Å².